The second-order valence-electron chi connectivity index (χ2n) is 9.91. The highest BCUT2D eigenvalue weighted by Gasteiger charge is 2.36. The number of halogens is 4. The Morgan fingerprint density at radius 3 is 2.53 bits per heavy atom. The molecule has 0 radical (unpaired) electrons. The van der Waals surface area contributed by atoms with Crippen molar-refractivity contribution in [3.8, 4) is 11.5 Å². The Kier molecular flexibility index (Phi) is 7.87. The monoisotopic (exact) mass is 535 g/mol. The van der Waals surface area contributed by atoms with Crippen molar-refractivity contribution in [2.75, 3.05) is 31.3 Å². The number of nitrogens with one attached hydrogen (secondary N) is 1. The van der Waals surface area contributed by atoms with Crippen molar-refractivity contribution in [2.24, 2.45) is 0 Å². The molecule has 7 nitrogen and oxygen atoms in total. The Morgan fingerprint density at radius 2 is 1.87 bits per heavy atom. The van der Waals surface area contributed by atoms with Crippen molar-refractivity contribution >= 4 is 22.4 Å². The Labute approximate surface area is 219 Å². The zero-order valence-corrected chi connectivity index (χ0v) is 22.1. The maximum Gasteiger partial charge on any atom is 0.419 e. The highest BCUT2D eigenvalue weighted by atomic mass is 19.4. The molecular weight excluding hydrogens is 502 g/mol. The number of hydrogen-bond acceptors (Lipinski definition) is 7. The zero-order chi connectivity index (χ0) is 27.8. The molecule has 0 unspecified atom stereocenters. The van der Waals surface area contributed by atoms with Gasteiger partial charge in [-0.25, -0.2) is 14.4 Å². The highest BCUT2D eigenvalue weighted by Crippen LogP contribution is 2.38. The van der Waals surface area contributed by atoms with Crippen LogP contribution in [0.25, 0.3) is 10.9 Å². The van der Waals surface area contributed by atoms with Gasteiger partial charge in [0.05, 0.1) is 24.2 Å². The molecule has 11 heteroatoms. The van der Waals surface area contributed by atoms with E-state index in [1.165, 1.54) is 6.07 Å². The summed E-state index contributed by atoms with van der Waals surface area (Å²) in [6.45, 7) is 9.05. The van der Waals surface area contributed by atoms with Gasteiger partial charge in [-0.15, -0.1) is 0 Å². The summed E-state index contributed by atoms with van der Waals surface area (Å²) in [6.07, 6.45) is -2.73. The van der Waals surface area contributed by atoms with Gasteiger partial charge in [0.2, 0.25) is 0 Å². The highest BCUT2D eigenvalue weighted by molar-refractivity contribution is 5.92. The number of likely N-dealkylation sites (tertiary alicyclic amines) is 1. The summed E-state index contributed by atoms with van der Waals surface area (Å²) in [4.78, 5) is 11.3. The molecule has 1 aliphatic heterocycles. The van der Waals surface area contributed by atoms with Crippen LogP contribution in [0, 0.1) is 12.7 Å². The largest absolute Gasteiger partial charge is 0.493 e. The number of anilines is 2. The van der Waals surface area contributed by atoms with Crippen LogP contribution in [0.15, 0.2) is 24.3 Å². The summed E-state index contributed by atoms with van der Waals surface area (Å²) >= 11 is 0. The molecule has 1 fully saturated rings. The van der Waals surface area contributed by atoms with Gasteiger partial charge in [0.15, 0.2) is 11.5 Å². The van der Waals surface area contributed by atoms with Gasteiger partial charge in [-0.05, 0) is 65.3 Å². The molecule has 1 saturated heterocycles. The number of aromatic nitrogens is 2. The minimum Gasteiger partial charge on any atom is -0.493 e. The van der Waals surface area contributed by atoms with E-state index < -0.39 is 23.6 Å². The lowest BCUT2D eigenvalue weighted by atomic mass is 10.0. The Morgan fingerprint density at radius 1 is 1.13 bits per heavy atom. The number of nitrogens with zero attached hydrogens (tertiary/aromatic N) is 3. The van der Waals surface area contributed by atoms with Crippen LogP contribution in [0.5, 0.6) is 11.5 Å². The number of ether oxygens (including phenoxy) is 2. The van der Waals surface area contributed by atoms with E-state index >= 15 is 0 Å². The van der Waals surface area contributed by atoms with Crippen molar-refractivity contribution < 1.29 is 27.0 Å². The van der Waals surface area contributed by atoms with Gasteiger partial charge in [0.25, 0.3) is 0 Å². The average molecular weight is 536 g/mol. The maximum atomic E-state index is 14.9. The SMILES string of the molecule is COc1cc2nc(C)nc(N[C@H](C)c3cc(N)cc(C(F)(F)F)c3F)c2cc1OC[C@@H]1CCCN1C(C)C. The van der Waals surface area contributed by atoms with Crippen molar-refractivity contribution in [1.29, 1.82) is 0 Å². The summed E-state index contributed by atoms with van der Waals surface area (Å²) in [5, 5.41) is 3.61. The standard InChI is InChI=1S/C27H33F4N5O2/c1-14(2)36-8-6-7-18(36)13-38-24-11-20-22(12-23(24)37-5)34-16(4)35-26(20)33-15(3)19-9-17(32)10-21(25(19)28)27(29,30)31/h9-12,14-15,18H,6-8,13,32H2,1-5H3,(H,33,34,35)/t15-,18+/m1/s1. The predicted molar refractivity (Wildman–Crippen MR) is 139 cm³/mol. The fraction of sp³-hybridized carbons (Fsp3) is 0.481. The average Bonchev–Trinajstić information content (AvgIpc) is 3.31. The van der Waals surface area contributed by atoms with Crippen LogP contribution >= 0.6 is 0 Å². The van der Waals surface area contributed by atoms with Gasteiger partial charge in [-0.2, -0.15) is 13.2 Å². The van der Waals surface area contributed by atoms with Crippen molar-refractivity contribution in [1.82, 2.24) is 14.9 Å². The molecule has 1 aromatic heterocycles. The quantitative estimate of drug-likeness (QED) is 0.266. The molecule has 2 aromatic carbocycles. The zero-order valence-electron chi connectivity index (χ0n) is 22.1. The molecule has 2 heterocycles. The number of aryl methyl sites for hydroxylation is 1. The minimum absolute atomic E-state index is 0.186. The molecule has 1 aliphatic rings. The van der Waals surface area contributed by atoms with Crippen LogP contribution in [0.3, 0.4) is 0 Å². The summed E-state index contributed by atoms with van der Waals surface area (Å²) in [7, 11) is 1.54. The van der Waals surface area contributed by atoms with E-state index in [0.717, 1.165) is 19.4 Å². The number of rotatable bonds is 8. The second kappa shape index (κ2) is 10.8. The number of nitrogen functional groups attached to an aromatic ring is 1. The molecule has 38 heavy (non-hydrogen) atoms. The van der Waals surface area contributed by atoms with E-state index in [9.17, 15) is 17.6 Å². The first-order chi connectivity index (χ1) is 17.9. The van der Waals surface area contributed by atoms with Crippen molar-refractivity contribution in [3.05, 3.63) is 47.0 Å². The number of nitrogens with two attached hydrogens (primary N) is 1. The van der Waals surface area contributed by atoms with Gasteiger partial charge in [0.1, 0.15) is 24.1 Å². The van der Waals surface area contributed by atoms with E-state index in [1.807, 2.05) is 0 Å². The van der Waals surface area contributed by atoms with E-state index in [4.69, 9.17) is 15.2 Å². The van der Waals surface area contributed by atoms with Crippen LogP contribution in [-0.2, 0) is 6.18 Å². The number of benzene rings is 2. The topological polar surface area (TPSA) is 85.5 Å². The minimum atomic E-state index is -4.88. The molecule has 2 atom stereocenters. The van der Waals surface area contributed by atoms with Gasteiger partial charge in [0, 0.05) is 34.8 Å². The second-order valence-corrected chi connectivity index (χ2v) is 9.91. The normalized spacial score (nSPS) is 17.3. The van der Waals surface area contributed by atoms with Gasteiger partial charge >= 0.3 is 6.18 Å². The van der Waals surface area contributed by atoms with Crippen LogP contribution in [0.2, 0.25) is 0 Å². The smallest absolute Gasteiger partial charge is 0.419 e. The van der Waals surface area contributed by atoms with E-state index in [0.29, 0.717) is 52.8 Å². The molecule has 0 bridgehead atoms. The number of hydrogen-bond donors (Lipinski definition) is 2. The molecule has 3 aromatic rings. The summed E-state index contributed by atoms with van der Waals surface area (Å²) in [6, 6.07) is 5.05. The molecule has 0 saturated carbocycles. The van der Waals surface area contributed by atoms with Gasteiger partial charge in [-0.3, -0.25) is 4.90 Å². The Balaban J connectivity index is 1.68. The summed E-state index contributed by atoms with van der Waals surface area (Å²) in [5.74, 6) is 0.366. The van der Waals surface area contributed by atoms with Gasteiger partial charge < -0.3 is 20.5 Å². The van der Waals surface area contributed by atoms with E-state index in [-0.39, 0.29) is 17.3 Å². The van der Waals surface area contributed by atoms with Crippen molar-refractivity contribution in [3.63, 3.8) is 0 Å². The Hall–Kier alpha value is -3.34. The van der Waals surface area contributed by atoms with Crippen LogP contribution in [0.1, 0.15) is 56.6 Å². The fourth-order valence-corrected chi connectivity index (χ4v) is 5.01. The molecule has 0 aliphatic carbocycles. The molecule has 4 rings (SSSR count). The van der Waals surface area contributed by atoms with E-state index in [1.54, 1.807) is 33.1 Å². The number of fused-ring (bicyclic) bond motifs is 1. The molecule has 0 amide bonds. The maximum absolute atomic E-state index is 14.9. The van der Waals surface area contributed by atoms with Crippen LogP contribution < -0.4 is 20.5 Å². The predicted octanol–water partition coefficient (Wildman–Crippen LogP) is 6.11. The summed E-state index contributed by atoms with van der Waals surface area (Å²) in [5.41, 5.74) is 4.41. The number of alkyl halides is 3. The lowest BCUT2D eigenvalue weighted by Crippen LogP contribution is -2.39. The third-order valence-electron chi connectivity index (χ3n) is 6.86. The third-order valence-corrected chi connectivity index (χ3v) is 6.86. The molecule has 206 valence electrons. The molecule has 3 N–H and O–H groups in total. The molecule has 0 spiro atoms. The first kappa shape index (κ1) is 27.7. The Bertz CT molecular complexity index is 1320. The first-order valence-electron chi connectivity index (χ1n) is 12.6. The number of methoxy groups -OCH3 is 1. The van der Waals surface area contributed by atoms with E-state index in [2.05, 4.69) is 34.0 Å². The lowest BCUT2D eigenvalue weighted by Gasteiger charge is -2.28. The third kappa shape index (κ3) is 5.72. The molecular formula is C27H33F4N5O2. The first-order valence-corrected chi connectivity index (χ1v) is 12.6. The summed E-state index contributed by atoms with van der Waals surface area (Å²) < 4.78 is 66.8. The van der Waals surface area contributed by atoms with Crippen molar-refractivity contribution in [2.45, 2.75) is 64.8 Å². The van der Waals surface area contributed by atoms with Gasteiger partial charge in [-0.1, -0.05) is 0 Å². The van der Waals surface area contributed by atoms with Crippen LogP contribution in [0.4, 0.5) is 29.1 Å². The van der Waals surface area contributed by atoms with Crippen LogP contribution in [-0.4, -0.2) is 47.2 Å². The fourth-order valence-electron chi connectivity index (χ4n) is 5.01. The lowest BCUT2D eigenvalue weighted by molar-refractivity contribution is -0.140.